The molecule has 30 heavy (non-hydrogen) atoms. The van der Waals surface area contributed by atoms with Gasteiger partial charge in [0.15, 0.2) is 0 Å². The first-order valence-electron chi connectivity index (χ1n) is 10.1. The molecule has 5 nitrogen and oxygen atoms in total. The summed E-state index contributed by atoms with van der Waals surface area (Å²) in [5, 5.41) is 12.5. The molecule has 156 valence electrons. The minimum absolute atomic E-state index is 0.0662. The predicted octanol–water partition coefficient (Wildman–Crippen LogP) is 4.56. The normalized spacial score (nSPS) is 15.1. The van der Waals surface area contributed by atoms with Gasteiger partial charge >= 0.3 is 0 Å². The molecule has 0 radical (unpaired) electrons. The number of nitrogens with zero attached hydrogens (tertiary/aromatic N) is 1. The number of benzene rings is 2. The number of ether oxygens (including phenoxy) is 2. The van der Waals surface area contributed by atoms with Crippen LogP contribution in [-0.2, 0) is 13.0 Å². The molecule has 2 aromatic carbocycles. The van der Waals surface area contributed by atoms with Crippen LogP contribution in [0.1, 0.15) is 29.2 Å². The molecule has 3 aromatic rings. The van der Waals surface area contributed by atoms with E-state index in [9.17, 15) is 0 Å². The van der Waals surface area contributed by atoms with Crippen LogP contribution >= 0.6 is 11.6 Å². The monoisotopic (exact) mass is 424 g/mol. The van der Waals surface area contributed by atoms with Gasteiger partial charge in [0, 0.05) is 18.7 Å². The number of aromatic nitrogens is 1. The number of halogens is 1. The number of methoxy groups -OCH3 is 1. The molecule has 2 N–H and O–H groups in total. The number of hydrogen-bond donors (Lipinski definition) is 2. The van der Waals surface area contributed by atoms with Crippen LogP contribution in [0.15, 0.2) is 54.6 Å². The van der Waals surface area contributed by atoms with E-state index in [1.807, 2.05) is 12.1 Å². The van der Waals surface area contributed by atoms with Gasteiger partial charge in [-0.15, -0.1) is 0 Å². The van der Waals surface area contributed by atoms with Gasteiger partial charge in [0.25, 0.3) is 0 Å². The van der Waals surface area contributed by atoms with Gasteiger partial charge in [-0.1, -0.05) is 60.1 Å². The molecule has 1 aromatic heterocycles. The van der Waals surface area contributed by atoms with Crippen LogP contribution < -0.4 is 14.8 Å². The third-order valence-electron chi connectivity index (χ3n) is 5.33. The number of hydrogen-bond acceptors (Lipinski definition) is 5. The quantitative estimate of drug-likeness (QED) is 0.519. The lowest BCUT2D eigenvalue weighted by molar-refractivity contribution is 0.196. The van der Waals surface area contributed by atoms with Crippen LogP contribution in [0.4, 0.5) is 0 Å². The molecule has 1 aliphatic rings. The summed E-state index contributed by atoms with van der Waals surface area (Å²) in [6.07, 6.45) is 1.72. The summed E-state index contributed by atoms with van der Waals surface area (Å²) in [5.74, 6) is 0.846. The maximum absolute atomic E-state index is 8.95. The maximum Gasteiger partial charge on any atom is 0.236 e. The summed E-state index contributed by atoms with van der Waals surface area (Å²) >= 11 is 6.48. The summed E-state index contributed by atoms with van der Waals surface area (Å²) in [5.41, 5.74) is 5.79. The fourth-order valence-corrected chi connectivity index (χ4v) is 4.16. The van der Waals surface area contributed by atoms with Crippen LogP contribution in [0.5, 0.6) is 11.8 Å². The highest BCUT2D eigenvalue weighted by Crippen LogP contribution is 2.41. The zero-order chi connectivity index (χ0) is 20.9. The Morgan fingerprint density at radius 3 is 2.73 bits per heavy atom. The first-order valence-corrected chi connectivity index (χ1v) is 10.5. The molecular formula is C24H25ClN2O3. The average Bonchev–Trinajstić information content (AvgIpc) is 3.19. The van der Waals surface area contributed by atoms with E-state index >= 15 is 0 Å². The molecule has 0 amide bonds. The van der Waals surface area contributed by atoms with Gasteiger partial charge < -0.3 is 19.9 Å². The Balaban J connectivity index is 1.58. The Kier molecular flexibility index (Phi) is 6.53. The van der Waals surface area contributed by atoms with Gasteiger partial charge in [-0.2, -0.15) is 4.98 Å². The zero-order valence-corrected chi connectivity index (χ0v) is 17.7. The molecule has 0 saturated carbocycles. The Bertz CT molecular complexity index is 1010. The second-order valence-electron chi connectivity index (χ2n) is 7.23. The van der Waals surface area contributed by atoms with Crippen LogP contribution in [0.25, 0.3) is 11.1 Å². The Hall–Kier alpha value is -2.60. The summed E-state index contributed by atoms with van der Waals surface area (Å²) in [4.78, 5) is 4.51. The summed E-state index contributed by atoms with van der Waals surface area (Å²) in [6, 6.07) is 18.6. The van der Waals surface area contributed by atoms with Crippen molar-refractivity contribution in [2.24, 2.45) is 0 Å². The van der Waals surface area contributed by atoms with E-state index in [2.05, 4.69) is 52.8 Å². The minimum atomic E-state index is -0.100. The van der Waals surface area contributed by atoms with Gasteiger partial charge in [0.2, 0.25) is 11.8 Å². The van der Waals surface area contributed by atoms with Crippen molar-refractivity contribution in [2.75, 3.05) is 20.3 Å². The third-order valence-corrected chi connectivity index (χ3v) is 5.61. The third kappa shape index (κ3) is 4.29. The standard InChI is InChI=1S/C24H25ClN2O3/c1-29-23-17(15-26-12-13-28)14-21(25)24(27-23)30-22-11-10-19-18(8-5-9-20(19)22)16-6-3-2-4-7-16/h2-9,14,22,26,28H,10-13,15H2,1H3/t22-/m0/s1. The van der Waals surface area contributed by atoms with Gasteiger partial charge in [-0.05, 0) is 41.2 Å². The van der Waals surface area contributed by atoms with Crippen molar-refractivity contribution in [1.29, 1.82) is 0 Å². The van der Waals surface area contributed by atoms with Crippen LogP contribution in [0.2, 0.25) is 5.02 Å². The van der Waals surface area contributed by atoms with Crippen molar-refractivity contribution in [3.05, 3.63) is 76.3 Å². The van der Waals surface area contributed by atoms with Crippen LogP contribution in [-0.4, -0.2) is 30.4 Å². The van der Waals surface area contributed by atoms with E-state index in [-0.39, 0.29) is 12.7 Å². The average molecular weight is 425 g/mol. The number of pyridine rings is 1. The van der Waals surface area contributed by atoms with Crippen LogP contribution in [0.3, 0.4) is 0 Å². The molecule has 1 aliphatic carbocycles. The van der Waals surface area contributed by atoms with Gasteiger partial charge in [-0.25, -0.2) is 0 Å². The van der Waals surface area contributed by atoms with Crippen LogP contribution in [0, 0.1) is 0 Å². The fraction of sp³-hybridized carbons (Fsp3) is 0.292. The highest BCUT2D eigenvalue weighted by molar-refractivity contribution is 6.31. The van der Waals surface area contributed by atoms with Gasteiger partial charge in [0.1, 0.15) is 11.1 Å². The molecule has 1 heterocycles. The summed E-state index contributed by atoms with van der Waals surface area (Å²) in [6.45, 7) is 1.06. The van der Waals surface area contributed by atoms with E-state index in [4.69, 9.17) is 26.2 Å². The Morgan fingerprint density at radius 1 is 1.13 bits per heavy atom. The van der Waals surface area contributed by atoms with Gasteiger partial charge in [0.05, 0.1) is 13.7 Å². The molecule has 4 rings (SSSR count). The fourth-order valence-electron chi connectivity index (χ4n) is 3.94. The first kappa shape index (κ1) is 20.7. The lowest BCUT2D eigenvalue weighted by Gasteiger charge is -2.18. The number of nitrogens with one attached hydrogen (secondary N) is 1. The SMILES string of the molecule is COc1nc(O[C@H]2CCc3c(-c4ccccc4)cccc32)c(Cl)cc1CNCCO. The van der Waals surface area contributed by atoms with Crippen molar-refractivity contribution in [1.82, 2.24) is 10.3 Å². The van der Waals surface area contributed by atoms with Crippen molar-refractivity contribution >= 4 is 11.6 Å². The van der Waals surface area contributed by atoms with E-state index in [1.165, 1.54) is 22.3 Å². The van der Waals surface area contributed by atoms with E-state index < -0.39 is 0 Å². The van der Waals surface area contributed by atoms with E-state index in [0.717, 1.165) is 18.4 Å². The molecule has 6 heteroatoms. The van der Waals surface area contributed by atoms with Gasteiger partial charge in [-0.3, -0.25) is 0 Å². The number of rotatable bonds is 8. The zero-order valence-electron chi connectivity index (χ0n) is 16.9. The topological polar surface area (TPSA) is 63.6 Å². The van der Waals surface area contributed by atoms with Crippen molar-refractivity contribution in [2.45, 2.75) is 25.5 Å². The molecule has 0 bridgehead atoms. The lowest BCUT2D eigenvalue weighted by Crippen LogP contribution is -2.18. The summed E-state index contributed by atoms with van der Waals surface area (Å²) < 4.78 is 11.7. The van der Waals surface area contributed by atoms with E-state index in [0.29, 0.717) is 29.9 Å². The first-order chi connectivity index (χ1) is 14.7. The Morgan fingerprint density at radius 2 is 1.97 bits per heavy atom. The summed E-state index contributed by atoms with van der Waals surface area (Å²) in [7, 11) is 1.58. The molecule has 1 atom stereocenters. The molecule has 0 fully saturated rings. The minimum Gasteiger partial charge on any atom is -0.481 e. The number of fused-ring (bicyclic) bond motifs is 1. The number of aliphatic hydroxyl groups excluding tert-OH is 1. The number of aliphatic hydroxyl groups is 1. The molecular weight excluding hydrogens is 400 g/mol. The lowest BCUT2D eigenvalue weighted by atomic mass is 9.97. The predicted molar refractivity (Wildman–Crippen MR) is 118 cm³/mol. The molecule has 0 aliphatic heterocycles. The van der Waals surface area contributed by atoms with E-state index in [1.54, 1.807) is 7.11 Å². The second-order valence-corrected chi connectivity index (χ2v) is 7.64. The van der Waals surface area contributed by atoms with Crippen molar-refractivity contribution in [3.63, 3.8) is 0 Å². The molecule has 0 saturated heterocycles. The highest BCUT2D eigenvalue weighted by atomic mass is 35.5. The van der Waals surface area contributed by atoms with Crippen molar-refractivity contribution in [3.8, 4) is 22.9 Å². The largest absolute Gasteiger partial charge is 0.481 e. The maximum atomic E-state index is 8.95. The second kappa shape index (κ2) is 9.47. The Labute approximate surface area is 181 Å². The smallest absolute Gasteiger partial charge is 0.236 e. The molecule has 0 unspecified atom stereocenters. The van der Waals surface area contributed by atoms with Crippen molar-refractivity contribution < 1.29 is 14.6 Å². The highest BCUT2D eigenvalue weighted by Gasteiger charge is 2.28. The molecule has 0 spiro atoms.